The highest BCUT2D eigenvalue weighted by Gasteiger charge is 2.21. The molecule has 2 aromatic rings. The van der Waals surface area contributed by atoms with E-state index in [-0.39, 0.29) is 30.8 Å². The zero-order valence-corrected chi connectivity index (χ0v) is 14.9. The van der Waals surface area contributed by atoms with Crippen LogP contribution in [-0.2, 0) is 14.3 Å². The van der Waals surface area contributed by atoms with Crippen molar-refractivity contribution in [3.8, 4) is 0 Å². The Kier molecular flexibility index (Phi) is 6.38. The number of halogens is 1. The van der Waals surface area contributed by atoms with Gasteiger partial charge in [-0.3, -0.25) is 9.59 Å². The highest BCUT2D eigenvalue weighted by Crippen LogP contribution is 2.17. The van der Waals surface area contributed by atoms with Gasteiger partial charge in [0.25, 0.3) is 0 Å². The lowest BCUT2D eigenvalue weighted by Gasteiger charge is -2.36. The SMILES string of the molecule is O=C(COCC(=O)N1CCN(c2ccc(F)cc2)CC1)Nc1ccccc1. The molecule has 27 heavy (non-hydrogen) atoms. The van der Waals surface area contributed by atoms with Gasteiger partial charge in [-0.2, -0.15) is 0 Å². The van der Waals surface area contributed by atoms with E-state index in [1.807, 2.05) is 18.2 Å². The summed E-state index contributed by atoms with van der Waals surface area (Å²) in [7, 11) is 0. The van der Waals surface area contributed by atoms with E-state index in [1.54, 1.807) is 29.2 Å². The minimum Gasteiger partial charge on any atom is -0.368 e. The molecular weight excluding hydrogens is 349 g/mol. The lowest BCUT2D eigenvalue weighted by Crippen LogP contribution is -2.49. The Labute approximate surface area is 157 Å². The number of nitrogens with one attached hydrogen (secondary N) is 1. The maximum atomic E-state index is 13.0. The van der Waals surface area contributed by atoms with Crippen molar-refractivity contribution in [1.29, 1.82) is 0 Å². The topological polar surface area (TPSA) is 61.9 Å². The highest BCUT2D eigenvalue weighted by molar-refractivity contribution is 5.91. The van der Waals surface area contributed by atoms with E-state index >= 15 is 0 Å². The molecule has 1 aliphatic heterocycles. The third kappa shape index (κ3) is 5.52. The summed E-state index contributed by atoms with van der Waals surface area (Å²) >= 11 is 0. The lowest BCUT2D eigenvalue weighted by molar-refractivity contribution is -0.137. The predicted octanol–water partition coefficient (Wildman–Crippen LogP) is 2.13. The van der Waals surface area contributed by atoms with Crippen LogP contribution in [-0.4, -0.2) is 56.1 Å². The Balaban J connectivity index is 1.37. The number of anilines is 2. The third-order valence-corrected chi connectivity index (χ3v) is 4.34. The quantitative estimate of drug-likeness (QED) is 0.845. The van der Waals surface area contributed by atoms with Gasteiger partial charge in [-0.25, -0.2) is 4.39 Å². The van der Waals surface area contributed by atoms with Crippen molar-refractivity contribution in [2.75, 3.05) is 49.6 Å². The van der Waals surface area contributed by atoms with E-state index in [9.17, 15) is 14.0 Å². The minimum atomic E-state index is -0.296. The molecule has 1 fully saturated rings. The minimum absolute atomic E-state index is 0.126. The summed E-state index contributed by atoms with van der Waals surface area (Å²) in [6.45, 7) is 2.18. The molecule has 2 amide bonds. The molecule has 1 aliphatic rings. The number of amides is 2. The number of para-hydroxylation sites is 1. The second-order valence-corrected chi connectivity index (χ2v) is 6.25. The molecule has 0 spiro atoms. The van der Waals surface area contributed by atoms with Gasteiger partial charge in [0, 0.05) is 37.6 Å². The largest absolute Gasteiger partial charge is 0.368 e. The molecule has 0 aromatic heterocycles. The van der Waals surface area contributed by atoms with Crippen LogP contribution in [0.2, 0.25) is 0 Å². The fourth-order valence-corrected chi connectivity index (χ4v) is 2.91. The van der Waals surface area contributed by atoms with Crippen LogP contribution in [0.5, 0.6) is 0 Å². The van der Waals surface area contributed by atoms with Gasteiger partial charge in [0.1, 0.15) is 19.0 Å². The summed E-state index contributed by atoms with van der Waals surface area (Å²) in [4.78, 5) is 27.9. The van der Waals surface area contributed by atoms with E-state index in [4.69, 9.17) is 4.74 Å². The van der Waals surface area contributed by atoms with Crippen molar-refractivity contribution >= 4 is 23.2 Å². The van der Waals surface area contributed by atoms with Gasteiger partial charge in [0.2, 0.25) is 11.8 Å². The third-order valence-electron chi connectivity index (χ3n) is 4.34. The second-order valence-electron chi connectivity index (χ2n) is 6.25. The number of hydrogen-bond acceptors (Lipinski definition) is 4. The number of hydrogen-bond donors (Lipinski definition) is 1. The van der Waals surface area contributed by atoms with Crippen molar-refractivity contribution < 1.29 is 18.7 Å². The maximum Gasteiger partial charge on any atom is 0.250 e. The molecule has 6 nitrogen and oxygen atoms in total. The summed E-state index contributed by atoms with van der Waals surface area (Å²) in [5.74, 6) is -0.697. The Bertz CT molecular complexity index is 760. The number of ether oxygens (including phenoxy) is 1. The molecule has 1 heterocycles. The molecular formula is C20H22FN3O3. The normalized spacial score (nSPS) is 14.1. The van der Waals surface area contributed by atoms with Crippen molar-refractivity contribution in [1.82, 2.24) is 4.90 Å². The number of nitrogens with zero attached hydrogens (tertiary/aromatic N) is 2. The molecule has 2 aromatic carbocycles. The van der Waals surface area contributed by atoms with Gasteiger partial charge in [-0.1, -0.05) is 18.2 Å². The Morgan fingerprint density at radius 2 is 1.59 bits per heavy atom. The van der Waals surface area contributed by atoms with Crippen LogP contribution in [0.15, 0.2) is 54.6 Å². The zero-order valence-electron chi connectivity index (χ0n) is 14.9. The first-order valence-corrected chi connectivity index (χ1v) is 8.83. The van der Waals surface area contributed by atoms with Crippen molar-refractivity contribution in [3.63, 3.8) is 0 Å². The molecule has 0 saturated carbocycles. The predicted molar refractivity (Wildman–Crippen MR) is 101 cm³/mol. The second kappa shape index (κ2) is 9.14. The van der Waals surface area contributed by atoms with Crippen LogP contribution < -0.4 is 10.2 Å². The smallest absolute Gasteiger partial charge is 0.250 e. The van der Waals surface area contributed by atoms with Gasteiger partial charge >= 0.3 is 0 Å². The van der Waals surface area contributed by atoms with Crippen molar-refractivity contribution in [3.05, 3.63) is 60.4 Å². The summed E-state index contributed by atoms with van der Waals surface area (Å²) in [6.07, 6.45) is 0. The average molecular weight is 371 g/mol. The summed E-state index contributed by atoms with van der Waals surface area (Å²) in [5, 5.41) is 2.70. The van der Waals surface area contributed by atoms with Crippen LogP contribution in [0.25, 0.3) is 0 Å². The molecule has 3 rings (SSSR count). The van der Waals surface area contributed by atoms with Crippen LogP contribution in [0, 0.1) is 5.82 Å². The van der Waals surface area contributed by atoms with Gasteiger partial charge in [-0.05, 0) is 36.4 Å². The zero-order chi connectivity index (χ0) is 19.1. The summed E-state index contributed by atoms with van der Waals surface area (Å²) < 4.78 is 18.3. The molecule has 142 valence electrons. The van der Waals surface area contributed by atoms with E-state index in [2.05, 4.69) is 10.2 Å². The van der Waals surface area contributed by atoms with Gasteiger partial charge in [0.15, 0.2) is 0 Å². The fraction of sp³-hybridized carbons (Fsp3) is 0.300. The Morgan fingerprint density at radius 1 is 0.926 bits per heavy atom. The monoisotopic (exact) mass is 371 g/mol. The number of rotatable bonds is 6. The Morgan fingerprint density at radius 3 is 2.26 bits per heavy atom. The molecule has 1 N–H and O–H groups in total. The molecule has 0 atom stereocenters. The molecule has 1 saturated heterocycles. The van der Waals surface area contributed by atoms with E-state index in [0.717, 1.165) is 5.69 Å². The molecule has 0 unspecified atom stereocenters. The first-order valence-electron chi connectivity index (χ1n) is 8.83. The van der Waals surface area contributed by atoms with Gasteiger partial charge in [-0.15, -0.1) is 0 Å². The number of carbonyl (C=O) groups excluding carboxylic acids is 2. The molecule has 0 radical (unpaired) electrons. The first kappa shape index (κ1) is 18.8. The summed E-state index contributed by atoms with van der Waals surface area (Å²) in [6, 6.07) is 15.4. The Hall–Kier alpha value is -2.93. The van der Waals surface area contributed by atoms with E-state index in [1.165, 1.54) is 12.1 Å². The van der Waals surface area contributed by atoms with Crippen LogP contribution in [0.1, 0.15) is 0 Å². The molecule has 0 aliphatic carbocycles. The molecule has 0 bridgehead atoms. The lowest BCUT2D eigenvalue weighted by atomic mass is 10.2. The molecule has 7 heteroatoms. The van der Waals surface area contributed by atoms with E-state index in [0.29, 0.717) is 31.9 Å². The van der Waals surface area contributed by atoms with Gasteiger partial charge in [0.05, 0.1) is 0 Å². The fourth-order valence-electron chi connectivity index (χ4n) is 2.91. The average Bonchev–Trinajstić information content (AvgIpc) is 2.69. The van der Waals surface area contributed by atoms with Crippen molar-refractivity contribution in [2.45, 2.75) is 0 Å². The maximum absolute atomic E-state index is 13.0. The standard InChI is InChI=1S/C20H22FN3O3/c21-16-6-8-18(9-7-16)23-10-12-24(13-11-23)20(26)15-27-14-19(25)22-17-4-2-1-3-5-17/h1-9H,10-15H2,(H,22,25). The van der Waals surface area contributed by atoms with Crippen LogP contribution in [0.4, 0.5) is 15.8 Å². The number of piperazine rings is 1. The highest BCUT2D eigenvalue weighted by atomic mass is 19.1. The number of carbonyl (C=O) groups is 2. The van der Waals surface area contributed by atoms with Gasteiger partial charge < -0.3 is 19.9 Å². The van der Waals surface area contributed by atoms with Crippen molar-refractivity contribution in [2.24, 2.45) is 0 Å². The number of benzene rings is 2. The van der Waals surface area contributed by atoms with Crippen LogP contribution >= 0.6 is 0 Å². The van der Waals surface area contributed by atoms with E-state index < -0.39 is 0 Å². The van der Waals surface area contributed by atoms with Crippen LogP contribution in [0.3, 0.4) is 0 Å². The summed E-state index contributed by atoms with van der Waals surface area (Å²) in [5.41, 5.74) is 1.63. The first-order chi connectivity index (χ1) is 13.1.